The minimum Gasteiger partial charge on any atom is -0.478 e. The Morgan fingerprint density at radius 3 is 2.59 bits per heavy atom. The van der Waals surface area contributed by atoms with Crippen LogP contribution in [0, 0.1) is 5.82 Å². The molecule has 0 aliphatic rings. The Bertz CT molecular complexity index is 695. The van der Waals surface area contributed by atoms with E-state index in [9.17, 15) is 14.0 Å². The van der Waals surface area contributed by atoms with Crippen molar-refractivity contribution in [1.82, 2.24) is 5.32 Å². The van der Waals surface area contributed by atoms with Crippen LogP contribution in [0.2, 0.25) is 0 Å². The highest BCUT2D eigenvalue weighted by Gasteiger charge is 2.23. The van der Waals surface area contributed by atoms with Crippen LogP contribution in [0.5, 0.6) is 0 Å². The Kier molecular flexibility index (Phi) is 4.61. The average molecular weight is 321 g/mol. The highest BCUT2D eigenvalue weighted by molar-refractivity contribution is 7.10. The quantitative estimate of drug-likeness (QED) is 0.888. The number of benzene rings is 1. The Balaban J connectivity index is 2.08. The summed E-state index contributed by atoms with van der Waals surface area (Å²) in [5.74, 6) is -2.63. The number of hydrogen-bond acceptors (Lipinski definition) is 3. The summed E-state index contributed by atoms with van der Waals surface area (Å²) in [5.41, 5.74) is -0.610. The zero-order valence-electron chi connectivity index (χ0n) is 12.2. The molecule has 1 aromatic carbocycles. The lowest BCUT2D eigenvalue weighted by molar-refractivity contribution is 0.0695. The van der Waals surface area contributed by atoms with Gasteiger partial charge in [0.25, 0.3) is 5.91 Å². The summed E-state index contributed by atoms with van der Waals surface area (Å²) in [7, 11) is 0. The smallest absolute Gasteiger partial charge is 0.335 e. The van der Waals surface area contributed by atoms with Crippen molar-refractivity contribution in [2.75, 3.05) is 6.54 Å². The molecule has 116 valence electrons. The fourth-order valence-corrected chi connectivity index (χ4v) is 2.83. The molecule has 1 amide bonds. The molecule has 0 aliphatic heterocycles. The molecule has 0 fully saturated rings. The fraction of sp³-hybridized carbons (Fsp3) is 0.250. The Labute approximate surface area is 131 Å². The lowest BCUT2D eigenvalue weighted by Gasteiger charge is -2.23. The van der Waals surface area contributed by atoms with Gasteiger partial charge in [0, 0.05) is 16.8 Å². The van der Waals surface area contributed by atoms with E-state index in [2.05, 4.69) is 5.32 Å². The summed E-state index contributed by atoms with van der Waals surface area (Å²) < 4.78 is 13.8. The fourth-order valence-electron chi connectivity index (χ4n) is 1.98. The molecule has 1 heterocycles. The third-order valence-corrected chi connectivity index (χ3v) is 4.58. The molecule has 4 nitrogen and oxygen atoms in total. The van der Waals surface area contributed by atoms with Crippen molar-refractivity contribution in [3.05, 3.63) is 57.5 Å². The molecular weight excluding hydrogens is 305 g/mol. The number of halogens is 1. The first-order chi connectivity index (χ1) is 10.3. The van der Waals surface area contributed by atoms with Crippen LogP contribution >= 0.6 is 11.3 Å². The number of carbonyl (C=O) groups excluding carboxylic acids is 1. The first-order valence-corrected chi connectivity index (χ1v) is 7.54. The molecule has 0 atom stereocenters. The minimum atomic E-state index is -1.23. The molecule has 0 unspecified atom stereocenters. The van der Waals surface area contributed by atoms with E-state index in [1.807, 2.05) is 31.4 Å². The van der Waals surface area contributed by atoms with Crippen molar-refractivity contribution >= 4 is 23.2 Å². The van der Waals surface area contributed by atoms with Gasteiger partial charge in [-0.25, -0.2) is 9.18 Å². The molecule has 0 saturated carbocycles. The van der Waals surface area contributed by atoms with Crippen molar-refractivity contribution in [3.63, 3.8) is 0 Å². The number of rotatable bonds is 5. The van der Waals surface area contributed by atoms with Crippen LogP contribution in [0.15, 0.2) is 35.7 Å². The van der Waals surface area contributed by atoms with Gasteiger partial charge in [0.15, 0.2) is 0 Å². The van der Waals surface area contributed by atoms with Crippen molar-refractivity contribution in [3.8, 4) is 0 Å². The minimum absolute atomic E-state index is 0.160. The molecular formula is C16H16FNO3S. The molecule has 2 aromatic rings. The van der Waals surface area contributed by atoms with E-state index in [4.69, 9.17) is 5.11 Å². The van der Waals surface area contributed by atoms with Gasteiger partial charge in [0.1, 0.15) is 5.82 Å². The van der Waals surface area contributed by atoms with Crippen LogP contribution in [-0.2, 0) is 5.41 Å². The van der Waals surface area contributed by atoms with Crippen molar-refractivity contribution < 1.29 is 19.1 Å². The zero-order chi connectivity index (χ0) is 16.3. The maximum atomic E-state index is 13.8. The van der Waals surface area contributed by atoms with Gasteiger partial charge in [-0.15, -0.1) is 11.3 Å². The maximum absolute atomic E-state index is 13.8. The summed E-state index contributed by atoms with van der Waals surface area (Å²) in [6.07, 6.45) is 0. The number of hydrogen-bond donors (Lipinski definition) is 2. The molecule has 2 N–H and O–H groups in total. The van der Waals surface area contributed by atoms with E-state index < -0.39 is 17.7 Å². The van der Waals surface area contributed by atoms with Crippen molar-refractivity contribution in [2.45, 2.75) is 19.3 Å². The van der Waals surface area contributed by atoms with Gasteiger partial charge in [-0.2, -0.15) is 0 Å². The summed E-state index contributed by atoms with van der Waals surface area (Å²) >= 11 is 1.60. The third-order valence-electron chi connectivity index (χ3n) is 3.34. The molecule has 0 bridgehead atoms. The predicted molar refractivity (Wildman–Crippen MR) is 83.0 cm³/mol. The van der Waals surface area contributed by atoms with Gasteiger partial charge < -0.3 is 10.4 Å². The Morgan fingerprint density at radius 2 is 2.05 bits per heavy atom. The highest BCUT2D eigenvalue weighted by Crippen LogP contribution is 2.26. The van der Waals surface area contributed by atoms with E-state index in [0.29, 0.717) is 6.54 Å². The van der Waals surface area contributed by atoms with Crippen LogP contribution < -0.4 is 5.32 Å². The van der Waals surface area contributed by atoms with E-state index in [-0.39, 0.29) is 16.5 Å². The van der Waals surface area contributed by atoms with Gasteiger partial charge in [-0.3, -0.25) is 4.79 Å². The first kappa shape index (κ1) is 16.2. The van der Waals surface area contributed by atoms with E-state index in [1.165, 1.54) is 12.1 Å². The van der Waals surface area contributed by atoms with Crippen LogP contribution in [0.4, 0.5) is 4.39 Å². The zero-order valence-corrected chi connectivity index (χ0v) is 13.0. The maximum Gasteiger partial charge on any atom is 0.335 e. The van der Waals surface area contributed by atoms with Gasteiger partial charge in [0.2, 0.25) is 0 Å². The molecule has 6 heteroatoms. The number of carboxylic acids is 1. The van der Waals surface area contributed by atoms with Crippen LogP contribution in [0.1, 0.15) is 39.4 Å². The Morgan fingerprint density at radius 1 is 1.32 bits per heavy atom. The van der Waals surface area contributed by atoms with Gasteiger partial charge in [-0.1, -0.05) is 19.9 Å². The standard InChI is InChI=1S/C16H16FNO3S/c1-16(2,13-4-3-7-22-13)9-18-14(19)11-6-5-10(15(20)21)8-12(11)17/h3-8H,9H2,1-2H3,(H,18,19)(H,20,21). The van der Waals surface area contributed by atoms with E-state index in [1.54, 1.807) is 11.3 Å². The van der Waals surface area contributed by atoms with Gasteiger partial charge in [-0.05, 0) is 29.6 Å². The normalized spacial score (nSPS) is 11.2. The monoisotopic (exact) mass is 321 g/mol. The second kappa shape index (κ2) is 6.27. The topological polar surface area (TPSA) is 66.4 Å². The first-order valence-electron chi connectivity index (χ1n) is 6.66. The molecule has 0 saturated heterocycles. The predicted octanol–water partition coefficient (Wildman–Crippen LogP) is 3.29. The number of carbonyl (C=O) groups is 2. The lowest BCUT2D eigenvalue weighted by atomic mass is 9.91. The molecule has 0 aliphatic carbocycles. The van der Waals surface area contributed by atoms with E-state index in [0.717, 1.165) is 10.9 Å². The SMILES string of the molecule is CC(C)(CNC(=O)c1ccc(C(=O)O)cc1F)c1cccs1. The van der Waals surface area contributed by atoms with Crippen LogP contribution in [-0.4, -0.2) is 23.5 Å². The Hall–Kier alpha value is -2.21. The van der Waals surface area contributed by atoms with Gasteiger partial charge in [0.05, 0.1) is 11.1 Å². The average Bonchev–Trinajstić information content (AvgIpc) is 2.99. The summed E-state index contributed by atoms with van der Waals surface area (Å²) in [5, 5.41) is 13.4. The van der Waals surface area contributed by atoms with Crippen LogP contribution in [0.25, 0.3) is 0 Å². The lowest BCUT2D eigenvalue weighted by Crippen LogP contribution is -2.36. The molecule has 0 spiro atoms. The number of amides is 1. The number of aromatic carboxylic acids is 1. The van der Waals surface area contributed by atoms with Crippen molar-refractivity contribution in [2.24, 2.45) is 0 Å². The summed E-state index contributed by atoms with van der Waals surface area (Å²) in [4.78, 5) is 23.9. The largest absolute Gasteiger partial charge is 0.478 e. The second-order valence-corrected chi connectivity index (χ2v) is 6.49. The molecule has 1 aromatic heterocycles. The molecule has 22 heavy (non-hydrogen) atoms. The summed E-state index contributed by atoms with van der Waals surface area (Å²) in [6.45, 7) is 4.33. The third kappa shape index (κ3) is 3.51. The van der Waals surface area contributed by atoms with Crippen molar-refractivity contribution in [1.29, 1.82) is 0 Å². The second-order valence-electron chi connectivity index (χ2n) is 5.54. The van der Waals surface area contributed by atoms with E-state index >= 15 is 0 Å². The number of nitrogens with one attached hydrogen (secondary N) is 1. The number of thiophene rings is 1. The number of carboxylic acid groups (broad SMARTS) is 1. The molecule has 0 radical (unpaired) electrons. The summed E-state index contributed by atoms with van der Waals surface area (Å²) in [6, 6.07) is 7.17. The van der Waals surface area contributed by atoms with Gasteiger partial charge >= 0.3 is 5.97 Å². The molecule has 2 rings (SSSR count). The van der Waals surface area contributed by atoms with Crippen LogP contribution in [0.3, 0.4) is 0 Å². The highest BCUT2D eigenvalue weighted by atomic mass is 32.1.